The molecule has 5 atom stereocenters. The summed E-state index contributed by atoms with van der Waals surface area (Å²) >= 11 is 0. The Morgan fingerprint density at radius 1 is 0.293 bits per heavy atom. The lowest BCUT2D eigenvalue weighted by molar-refractivity contribution is -0.161. The molecule has 0 radical (unpaired) electrons. The molecule has 0 bridgehead atoms. The van der Waals surface area contributed by atoms with E-state index in [0.29, 0.717) is 25.7 Å². The number of aliphatic hydroxyl groups excluding tert-OH is 1. The van der Waals surface area contributed by atoms with Crippen molar-refractivity contribution in [3.63, 3.8) is 0 Å². The van der Waals surface area contributed by atoms with Gasteiger partial charge in [-0.05, 0) is 31.6 Å². The van der Waals surface area contributed by atoms with Gasteiger partial charge < -0.3 is 33.8 Å². The van der Waals surface area contributed by atoms with Gasteiger partial charge in [0.05, 0.1) is 26.4 Å². The third-order valence-corrected chi connectivity index (χ3v) is 18.9. The summed E-state index contributed by atoms with van der Waals surface area (Å²) in [5.41, 5.74) is 0. The third kappa shape index (κ3) is 66.7. The fourth-order valence-corrected chi connectivity index (χ4v) is 12.8. The van der Waals surface area contributed by atoms with Crippen LogP contribution in [0.25, 0.3) is 0 Å². The van der Waals surface area contributed by atoms with Crippen molar-refractivity contribution in [3.05, 3.63) is 0 Å². The number of esters is 4. The van der Waals surface area contributed by atoms with Crippen molar-refractivity contribution in [2.24, 2.45) is 5.92 Å². The van der Waals surface area contributed by atoms with Gasteiger partial charge >= 0.3 is 39.5 Å². The van der Waals surface area contributed by atoms with Gasteiger partial charge in [-0.2, -0.15) is 0 Å². The average molecular weight is 1350 g/mol. The lowest BCUT2D eigenvalue weighted by Crippen LogP contribution is -2.30. The zero-order valence-electron chi connectivity index (χ0n) is 59.7. The van der Waals surface area contributed by atoms with Crippen molar-refractivity contribution in [1.29, 1.82) is 0 Å². The molecule has 17 nitrogen and oxygen atoms in total. The Morgan fingerprint density at radius 2 is 0.500 bits per heavy atom. The summed E-state index contributed by atoms with van der Waals surface area (Å²) in [5.74, 6) is -1.38. The highest BCUT2D eigenvalue weighted by Gasteiger charge is 2.30. The summed E-state index contributed by atoms with van der Waals surface area (Å²) in [6.07, 6.45) is 54.2. The van der Waals surface area contributed by atoms with Crippen molar-refractivity contribution < 1.29 is 80.2 Å². The van der Waals surface area contributed by atoms with Crippen LogP contribution in [0.1, 0.15) is 381 Å². The van der Waals surface area contributed by atoms with Gasteiger partial charge in [0.15, 0.2) is 12.2 Å². The first-order valence-electron chi connectivity index (χ1n) is 38.1. The van der Waals surface area contributed by atoms with Crippen LogP contribution >= 0.6 is 15.6 Å². The van der Waals surface area contributed by atoms with Crippen LogP contribution in [0.15, 0.2) is 0 Å². The van der Waals surface area contributed by atoms with E-state index in [-0.39, 0.29) is 25.7 Å². The fourth-order valence-electron chi connectivity index (χ4n) is 11.2. The highest BCUT2D eigenvalue weighted by atomic mass is 31.2. The fraction of sp³-hybridized carbons (Fsp3) is 0.945. The van der Waals surface area contributed by atoms with E-state index < -0.39 is 97.5 Å². The largest absolute Gasteiger partial charge is 0.472 e. The minimum Gasteiger partial charge on any atom is -0.462 e. The van der Waals surface area contributed by atoms with Crippen molar-refractivity contribution in [2.75, 3.05) is 39.6 Å². The van der Waals surface area contributed by atoms with Crippen LogP contribution in [-0.2, 0) is 65.4 Å². The number of carbonyl (C=O) groups excluding carboxylic acids is 4. The van der Waals surface area contributed by atoms with E-state index in [0.717, 1.165) is 95.8 Å². The summed E-state index contributed by atoms with van der Waals surface area (Å²) < 4.78 is 68.3. The SMILES string of the molecule is CCCCCCCCCCCCCCCCCCCCCCC(=O)O[C@H](COC(=O)CCCCCCCCCCCC(C)C)COP(=O)(O)OC[C@@H](O)COP(=O)(O)OC[C@@H](COC(=O)CCCCCCCCCCC)OC(=O)CCCCCCCCCCCCC. The lowest BCUT2D eigenvalue weighted by atomic mass is 10.0. The van der Waals surface area contributed by atoms with Crippen molar-refractivity contribution in [3.8, 4) is 0 Å². The van der Waals surface area contributed by atoms with E-state index in [1.165, 1.54) is 205 Å². The molecule has 3 N–H and O–H groups in total. The maximum atomic E-state index is 13.0. The second-order valence-corrected chi connectivity index (χ2v) is 29.7. The van der Waals surface area contributed by atoms with Crippen LogP contribution in [0.3, 0.4) is 0 Å². The van der Waals surface area contributed by atoms with Crippen LogP contribution in [0.5, 0.6) is 0 Å². The molecule has 0 fully saturated rings. The molecule has 0 spiro atoms. The van der Waals surface area contributed by atoms with E-state index in [4.69, 9.17) is 37.0 Å². The Kier molecular flexibility index (Phi) is 64.9. The third-order valence-electron chi connectivity index (χ3n) is 17.0. The minimum absolute atomic E-state index is 0.107. The number of aliphatic hydroxyl groups is 1. The minimum atomic E-state index is -4.95. The molecule has 0 rings (SSSR count). The Balaban J connectivity index is 5.18. The van der Waals surface area contributed by atoms with Crippen molar-refractivity contribution in [1.82, 2.24) is 0 Å². The van der Waals surface area contributed by atoms with Crippen LogP contribution in [0.4, 0.5) is 0 Å². The van der Waals surface area contributed by atoms with Gasteiger partial charge in [0.2, 0.25) is 0 Å². The van der Waals surface area contributed by atoms with E-state index in [9.17, 15) is 43.2 Å². The first-order valence-corrected chi connectivity index (χ1v) is 41.1. The zero-order valence-corrected chi connectivity index (χ0v) is 61.5. The van der Waals surface area contributed by atoms with Gasteiger partial charge in [0.1, 0.15) is 19.3 Å². The van der Waals surface area contributed by atoms with Crippen molar-refractivity contribution in [2.45, 2.75) is 400 Å². The molecule has 2 unspecified atom stereocenters. The Labute approximate surface area is 562 Å². The molecule has 0 aliphatic carbocycles. The lowest BCUT2D eigenvalue weighted by Gasteiger charge is -2.21. The maximum Gasteiger partial charge on any atom is 0.472 e. The van der Waals surface area contributed by atoms with Crippen LogP contribution < -0.4 is 0 Å². The molecule has 19 heteroatoms. The molecule has 0 aliphatic heterocycles. The van der Waals surface area contributed by atoms with E-state index >= 15 is 0 Å². The monoisotopic (exact) mass is 1350 g/mol. The maximum absolute atomic E-state index is 13.0. The standard InChI is InChI=1S/C73H142O17P2/c1-6-9-12-15-18-21-23-24-25-26-27-28-29-30-31-33-38-44-49-54-59-73(78)90-69(63-84-71(76)57-52-47-42-39-34-36-40-45-50-55-66(4)5)65-88-92(81,82)86-61-67(74)60-85-91(79,80)87-64-68(62-83-70(75)56-51-46-41-35-20-17-14-11-8-3)89-72(77)58-53-48-43-37-32-22-19-16-13-10-7-2/h66-69,74H,6-65H2,1-5H3,(H,79,80)(H,81,82)/t67-,68+,69+/m0/s1. The number of rotatable bonds is 73. The Morgan fingerprint density at radius 3 is 0.739 bits per heavy atom. The smallest absolute Gasteiger partial charge is 0.462 e. The summed E-state index contributed by atoms with van der Waals surface area (Å²) in [7, 11) is -9.90. The normalized spacial score (nSPS) is 14.0. The van der Waals surface area contributed by atoms with E-state index in [1.807, 2.05) is 0 Å². The Bertz CT molecular complexity index is 1770. The quantitative estimate of drug-likeness (QED) is 0.0222. The van der Waals surface area contributed by atoms with Crippen molar-refractivity contribution >= 4 is 39.5 Å². The number of carbonyl (C=O) groups is 4. The van der Waals surface area contributed by atoms with Gasteiger partial charge in [-0.15, -0.1) is 0 Å². The average Bonchev–Trinajstić information content (AvgIpc) is 3.54. The Hall–Kier alpha value is -1.94. The number of phosphoric ester groups is 2. The molecule has 0 aromatic carbocycles. The summed E-state index contributed by atoms with van der Waals surface area (Å²) in [6.45, 7) is 7.23. The van der Waals surface area contributed by atoms with Gasteiger partial charge in [0, 0.05) is 25.7 Å². The first-order chi connectivity index (χ1) is 44.5. The van der Waals surface area contributed by atoms with Gasteiger partial charge in [-0.3, -0.25) is 37.3 Å². The molecule has 0 aromatic rings. The molecule has 92 heavy (non-hydrogen) atoms. The highest BCUT2D eigenvalue weighted by molar-refractivity contribution is 7.47. The highest BCUT2D eigenvalue weighted by Crippen LogP contribution is 2.45. The second-order valence-electron chi connectivity index (χ2n) is 26.8. The van der Waals surface area contributed by atoms with Crippen LogP contribution in [-0.4, -0.2) is 96.7 Å². The number of phosphoric acid groups is 2. The van der Waals surface area contributed by atoms with Gasteiger partial charge in [-0.1, -0.05) is 330 Å². The number of unbranched alkanes of at least 4 members (excludes halogenated alkanes) is 45. The van der Waals surface area contributed by atoms with E-state index in [2.05, 4.69) is 34.6 Å². The zero-order chi connectivity index (χ0) is 67.7. The second kappa shape index (κ2) is 66.3. The molecular weight excluding hydrogens is 1210 g/mol. The molecule has 546 valence electrons. The number of hydrogen-bond donors (Lipinski definition) is 3. The van der Waals surface area contributed by atoms with E-state index in [1.54, 1.807) is 0 Å². The molecule has 0 aliphatic rings. The molecule has 0 amide bonds. The van der Waals surface area contributed by atoms with Gasteiger partial charge in [-0.25, -0.2) is 9.13 Å². The number of ether oxygens (including phenoxy) is 4. The molecule has 0 heterocycles. The predicted molar refractivity (Wildman–Crippen MR) is 372 cm³/mol. The summed E-state index contributed by atoms with van der Waals surface area (Å²) in [6, 6.07) is 0. The predicted octanol–water partition coefficient (Wildman–Crippen LogP) is 21.3. The summed E-state index contributed by atoms with van der Waals surface area (Å²) in [5, 5.41) is 10.6. The molecule has 0 saturated carbocycles. The molecular formula is C73H142O17P2. The topological polar surface area (TPSA) is 237 Å². The summed E-state index contributed by atoms with van der Waals surface area (Å²) in [4.78, 5) is 72.6. The number of hydrogen-bond acceptors (Lipinski definition) is 15. The van der Waals surface area contributed by atoms with Crippen LogP contribution in [0, 0.1) is 5.92 Å². The van der Waals surface area contributed by atoms with Crippen LogP contribution in [0.2, 0.25) is 0 Å². The van der Waals surface area contributed by atoms with Gasteiger partial charge in [0.25, 0.3) is 0 Å². The molecule has 0 saturated heterocycles. The molecule has 0 aromatic heterocycles. The first kappa shape index (κ1) is 90.1.